The number of nitrogens with two attached hydrogens (primary N) is 1. The Morgan fingerprint density at radius 2 is 1.91 bits per heavy atom. The molecule has 5 nitrogen and oxygen atoms in total. The number of thiocarbonyl (C=S) groups is 1. The predicted octanol–water partition coefficient (Wildman–Crippen LogP) is 2.33. The minimum atomic E-state index is 0.157. The van der Waals surface area contributed by atoms with Gasteiger partial charge < -0.3 is 15.2 Å². The van der Waals surface area contributed by atoms with E-state index in [-0.39, 0.29) is 5.11 Å². The lowest BCUT2D eigenvalue weighted by Crippen LogP contribution is -2.24. The molecule has 0 saturated heterocycles. The summed E-state index contributed by atoms with van der Waals surface area (Å²) >= 11 is 4.73. The van der Waals surface area contributed by atoms with E-state index in [1.807, 2.05) is 14.1 Å². The van der Waals surface area contributed by atoms with Crippen molar-refractivity contribution in [3.63, 3.8) is 0 Å². The van der Waals surface area contributed by atoms with Gasteiger partial charge in [0.15, 0.2) is 5.11 Å². The Hall–Kier alpha value is -2.34. The molecule has 0 spiro atoms. The minimum absolute atomic E-state index is 0.157. The molecule has 0 aliphatic heterocycles. The van der Waals surface area contributed by atoms with Gasteiger partial charge in [-0.25, -0.2) is 0 Å². The molecule has 0 bridgehead atoms. The maximum atomic E-state index is 5.36. The molecule has 1 aromatic heterocycles. The van der Waals surface area contributed by atoms with Crippen LogP contribution in [0.5, 0.6) is 0 Å². The van der Waals surface area contributed by atoms with Crippen molar-refractivity contribution in [2.75, 3.05) is 19.0 Å². The molecule has 2 rings (SSSR count). The lowest BCUT2D eigenvalue weighted by Gasteiger charge is -2.14. The molecule has 0 atom stereocenters. The fourth-order valence-corrected chi connectivity index (χ4v) is 2.43. The largest absolute Gasteiger partial charge is 0.378 e. The highest BCUT2D eigenvalue weighted by molar-refractivity contribution is 7.80. The molecular formula is C16H21N5S. The van der Waals surface area contributed by atoms with Gasteiger partial charge in [0.1, 0.15) is 0 Å². The first-order valence-corrected chi connectivity index (χ1v) is 7.36. The third-order valence-corrected chi connectivity index (χ3v) is 3.56. The molecule has 2 aromatic rings. The average molecular weight is 315 g/mol. The standard InChI is InChI=1S/C16H21N5S/c1-11-9-13(10-18-19-16(17)22)12(2)21(11)15-7-5-14(6-8-15)20(3)4/h5-10H,1-4H3,(H3,17,19,22)/b18-10-. The second-order valence-electron chi connectivity index (χ2n) is 5.31. The van der Waals surface area contributed by atoms with Gasteiger partial charge in [-0.3, -0.25) is 5.43 Å². The Bertz CT molecular complexity index is 698. The van der Waals surface area contributed by atoms with Crippen LogP contribution in [0.2, 0.25) is 0 Å². The van der Waals surface area contributed by atoms with Crippen LogP contribution in [0.3, 0.4) is 0 Å². The Kier molecular flexibility index (Phi) is 4.82. The fourth-order valence-electron chi connectivity index (χ4n) is 2.38. The van der Waals surface area contributed by atoms with Crippen LogP contribution in [0.15, 0.2) is 35.4 Å². The van der Waals surface area contributed by atoms with Gasteiger partial charge in [0.2, 0.25) is 0 Å². The van der Waals surface area contributed by atoms with Gasteiger partial charge >= 0.3 is 0 Å². The first-order chi connectivity index (χ1) is 10.4. The van der Waals surface area contributed by atoms with Gasteiger partial charge in [0.25, 0.3) is 0 Å². The molecule has 0 aliphatic carbocycles. The highest BCUT2D eigenvalue weighted by Crippen LogP contribution is 2.22. The predicted molar refractivity (Wildman–Crippen MR) is 97.1 cm³/mol. The Balaban J connectivity index is 2.33. The minimum Gasteiger partial charge on any atom is -0.378 e. The number of nitrogens with zero attached hydrogens (tertiary/aromatic N) is 3. The smallest absolute Gasteiger partial charge is 0.184 e. The summed E-state index contributed by atoms with van der Waals surface area (Å²) in [6.45, 7) is 4.14. The number of hydrogen-bond donors (Lipinski definition) is 2. The number of benzene rings is 1. The summed E-state index contributed by atoms with van der Waals surface area (Å²) in [5.41, 5.74) is 13.5. The number of aromatic nitrogens is 1. The second-order valence-corrected chi connectivity index (χ2v) is 5.75. The van der Waals surface area contributed by atoms with Gasteiger partial charge in [-0.05, 0) is 56.4 Å². The third kappa shape index (κ3) is 3.46. The molecule has 0 unspecified atom stereocenters. The third-order valence-electron chi connectivity index (χ3n) is 3.47. The maximum absolute atomic E-state index is 5.36. The summed E-state index contributed by atoms with van der Waals surface area (Å²) in [7, 11) is 4.06. The van der Waals surface area contributed by atoms with Crippen molar-refractivity contribution in [2.45, 2.75) is 13.8 Å². The Labute approximate surface area is 136 Å². The van der Waals surface area contributed by atoms with E-state index in [2.05, 4.69) is 64.2 Å². The number of anilines is 1. The highest BCUT2D eigenvalue weighted by atomic mass is 32.1. The van der Waals surface area contributed by atoms with E-state index in [1.54, 1.807) is 6.21 Å². The van der Waals surface area contributed by atoms with Crippen molar-refractivity contribution in [3.8, 4) is 5.69 Å². The van der Waals surface area contributed by atoms with Crippen LogP contribution in [0.4, 0.5) is 5.69 Å². The van der Waals surface area contributed by atoms with Gasteiger partial charge in [0.05, 0.1) is 6.21 Å². The molecule has 0 amide bonds. The van der Waals surface area contributed by atoms with Crippen LogP contribution in [0, 0.1) is 13.8 Å². The van der Waals surface area contributed by atoms with E-state index >= 15 is 0 Å². The van der Waals surface area contributed by atoms with Gasteiger partial charge in [-0.15, -0.1) is 0 Å². The summed E-state index contributed by atoms with van der Waals surface area (Å²) in [6, 6.07) is 10.5. The Morgan fingerprint density at radius 3 is 2.45 bits per heavy atom. The van der Waals surface area contributed by atoms with Crippen LogP contribution in [0.25, 0.3) is 5.69 Å². The molecule has 3 N–H and O–H groups in total. The molecule has 6 heteroatoms. The van der Waals surface area contributed by atoms with Crippen LogP contribution in [-0.2, 0) is 0 Å². The number of nitrogens with one attached hydrogen (secondary N) is 1. The molecule has 0 aliphatic rings. The first-order valence-electron chi connectivity index (χ1n) is 6.95. The zero-order valence-corrected chi connectivity index (χ0v) is 14.1. The molecule has 1 aromatic carbocycles. The van der Waals surface area contributed by atoms with Crippen LogP contribution in [-0.4, -0.2) is 30.0 Å². The summed E-state index contributed by atoms with van der Waals surface area (Å²) in [4.78, 5) is 2.08. The van der Waals surface area contributed by atoms with Crippen molar-refractivity contribution in [3.05, 3.63) is 47.3 Å². The van der Waals surface area contributed by atoms with Crippen molar-refractivity contribution in [1.82, 2.24) is 9.99 Å². The second kappa shape index (κ2) is 6.62. The zero-order valence-electron chi connectivity index (χ0n) is 13.3. The quantitative estimate of drug-likeness (QED) is 0.516. The zero-order chi connectivity index (χ0) is 16.3. The van der Waals surface area contributed by atoms with Crippen LogP contribution in [0.1, 0.15) is 17.0 Å². The Morgan fingerprint density at radius 1 is 1.27 bits per heavy atom. The van der Waals surface area contributed by atoms with E-state index in [4.69, 9.17) is 18.0 Å². The average Bonchev–Trinajstić information content (AvgIpc) is 2.73. The normalized spacial score (nSPS) is 10.9. The summed E-state index contributed by atoms with van der Waals surface area (Å²) in [5, 5.41) is 4.18. The first kappa shape index (κ1) is 16.0. The number of rotatable bonds is 4. The number of hydrazone groups is 1. The van der Waals surface area contributed by atoms with E-state index in [9.17, 15) is 0 Å². The molecule has 0 saturated carbocycles. The van der Waals surface area contributed by atoms with Crippen molar-refractivity contribution >= 4 is 29.2 Å². The number of aryl methyl sites for hydroxylation is 1. The van der Waals surface area contributed by atoms with Gasteiger partial charge in [-0.2, -0.15) is 5.10 Å². The van der Waals surface area contributed by atoms with E-state index in [0.717, 1.165) is 22.6 Å². The van der Waals surface area contributed by atoms with Crippen LogP contribution >= 0.6 is 12.2 Å². The van der Waals surface area contributed by atoms with Crippen molar-refractivity contribution in [1.29, 1.82) is 0 Å². The molecular weight excluding hydrogens is 294 g/mol. The van der Waals surface area contributed by atoms with Crippen molar-refractivity contribution < 1.29 is 0 Å². The van der Waals surface area contributed by atoms with E-state index < -0.39 is 0 Å². The molecule has 0 radical (unpaired) electrons. The van der Waals surface area contributed by atoms with E-state index in [1.165, 1.54) is 5.69 Å². The van der Waals surface area contributed by atoms with E-state index in [0.29, 0.717) is 0 Å². The number of hydrogen-bond acceptors (Lipinski definition) is 3. The topological polar surface area (TPSA) is 58.6 Å². The maximum Gasteiger partial charge on any atom is 0.184 e. The highest BCUT2D eigenvalue weighted by Gasteiger charge is 2.09. The van der Waals surface area contributed by atoms with Crippen LogP contribution < -0.4 is 16.1 Å². The SMILES string of the molecule is Cc1cc(/C=N\NC(N)=S)c(C)n1-c1ccc(N(C)C)cc1. The van der Waals surface area contributed by atoms with Crippen molar-refractivity contribution in [2.24, 2.45) is 10.8 Å². The fraction of sp³-hybridized carbons (Fsp3) is 0.250. The molecule has 1 heterocycles. The molecule has 0 fully saturated rings. The summed E-state index contributed by atoms with van der Waals surface area (Å²) in [5.74, 6) is 0. The van der Waals surface area contributed by atoms with Gasteiger partial charge in [-0.1, -0.05) is 0 Å². The lowest BCUT2D eigenvalue weighted by molar-refractivity contribution is 0.962. The molecule has 22 heavy (non-hydrogen) atoms. The summed E-state index contributed by atoms with van der Waals surface area (Å²) < 4.78 is 2.20. The molecule has 116 valence electrons. The monoisotopic (exact) mass is 315 g/mol. The summed E-state index contributed by atoms with van der Waals surface area (Å²) in [6.07, 6.45) is 1.73. The lowest BCUT2D eigenvalue weighted by atomic mass is 10.2. The van der Waals surface area contributed by atoms with Gasteiger partial charge in [0, 0.05) is 42.4 Å².